The zero-order valence-electron chi connectivity index (χ0n) is 17.1. The van der Waals surface area contributed by atoms with Gasteiger partial charge in [-0.3, -0.25) is 14.3 Å². The Balaban J connectivity index is 1.98. The van der Waals surface area contributed by atoms with Gasteiger partial charge in [-0.25, -0.2) is 4.98 Å². The van der Waals surface area contributed by atoms with Gasteiger partial charge >= 0.3 is 5.97 Å². The van der Waals surface area contributed by atoms with Crippen molar-refractivity contribution in [3.05, 3.63) is 65.7 Å². The maximum atomic E-state index is 12.5. The molecule has 8 heteroatoms. The van der Waals surface area contributed by atoms with Gasteiger partial charge < -0.3 is 15.2 Å². The van der Waals surface area contributed by atoms with Crippen LogP contribution in [0, 0.1) is 6.92 Å². The van der Waals surface area contributed by atoms with Gasteiger partial charge in [0.25, 0.3) is 5.91 Å². The number of nitrogens with one attached hydrogen (secondary N) is 1. The molecule has 2 N–H and O–H groups in total. The van der Waals surface area contributed by atoms with Crippen molar-refractivity contribution < 1.29 is 19.4 Å². The fraction of sp³-hybridized carbons (Fsp3) is 0.273. The van der Waals surface area contributed by atoms with Gasteiger partial charge in [-0.2, -0.15) is 5.10 Å². The van der Waals surface area contributed by atoms with Crippen molar-refractivity contribution in [3.8, 4) is 16.9 Å². The van der Waals surface area contributed by atoms with Crippen LogP contribution in [-0.4, -0.2) is 38.3 Å². The number of hydrogen-bond acceptors (Lipinski definition) is 5. The number of carbonyl (C=O) groups is 2. The predicted molar refractivity (Wildman–Crippen MR) is 111 cm³/mol. The quantitative estimate of drug-likeness (QED) is 0.593. The third-order valence-electron chi connectivity index (χ3n) is 4.57. The molecule has 156 valence electrons. The van der Waals surface area contributed by atoms with E-state index in [1.807, 2.05) is 62.0 Å². The molecule has 0 atom stereocenters. The number of ether oxygens (including phenoxy) is 1. The molecule has 8 nitrogen and oxygen atoms in total. The first kappa shape index (κ1) is 21.0. The number of hydrogen-bond donors (Lipinski definition) is 2. The number of amides is 1. The molecule has 0 bridgehead atoms. The average molecular weight is 408 g/mol. The summed E-state index contributed by atoms with van der Waals surface area (Å²) in [7, 11) is 0. The molecular formula is C22H24N4O4. The molecule has 1 aromatic carbocycles. The summed E-state index contributed by atoms with van der Waals surface area (Å²) in [5.41, 5.74) is 3.36. The standard InChI is InChI=1S/C22H24N4O4/c1-14(2)26-12-17(9-25-26)18-10-23-20(22(29)24-11-19(27)28)21(15(18)3)30-13-16-7-5-4-6-8-16/h4-10,12,14H,11,13H2,1-3H3,(H,24,29)(H,27,28). The Morgan fingerprint density at radius 3 is 2.57 bits per heavy atom. The minimum atomic E-state index is -1.13. The first-order valence-corrected chi connectivity index (χ1v) is 9.57. The third kappa shape index (κ3) is 4.83. The summed E-state index contributed by atoms with van der Waals surface area (Å²) in [6.07, 6.45) is 5.25. The largest absolute Gasteiger partial charge is 0.486 e. The topological polar surface area (TPSA) is 106 Å². The van der Waals surface area contributed by atoms with Gasteiger partial charge in [0, 0.05) is 35.1 Å². The third-order valence-corrected chi connectivity index (χ3v) is 4.57. The van der Waals surface area contributed by atoms with Crippen molar-refractivity contribution in [2.45, 2.75) is 33.4 Å². The van der Waals surface area contributed by atoms with Crippen LogP contribution >= 0.6 is 0 Å². The molecule has 0 aliphatic rings. The van der Waals surface area contributed by atoms with E-state index in [1.54, 1.807) is 12.4 Å². The number of carbonyl (C=O) groups excluding carboxylic acids is 1. The van der Waals surface area contributed by atoms with E-state index in [2.05, 4.69) is 15.4 Å². The first-order valence-electron chi connectivity index (χ1n) is 9.57. The summed E-state index contributed by atoms with van der Waals surface area (Å²) in [5, 5.41) is 15.6. The molecule has 3 rings (SSSR count). The lowest BCUT2D eigenvalue weighted by Gasteiger charge is -2.16. The van der Waals surface area contributed by atoms with Crippen LogP contribution in [-0.2, 0) is 11.4 Å². The van der Waals surface area contributed by atoms with Crippen LogP contribution in [0.5, 0.6) is 5.75 Å². The van der Waals surface area contributed by atoms with Gasteiger partial charge in [-0.05, 0) is 26.3 Å². The van der Waals surface area contributed by atoms with Crippen molar-refractivity contribution in [1.82, 2.24) is 20.1 Å². The van der Waals surface area contributed by atoms with Gasteiger partial charge in [0.1, 0.15) is 13.2 Å². The van der Waals surface area contributed by atoms with Crippen molar-refractivity contribution in [1.29, 1.82) is 0 Å². The van der Waals surface area contributed by atoms with Crippen LogP contribution in [0.1, 0.15) is 41.5 Å². The van der Waals surface area contributed by atoms with E-state index in [0.717, 1.165) is 22.3 Å². The molecule has 0 fully saturated rings. The number of aliphatic carboxylic acids is 1. The minimum Gasteiger partial charge on any atom is -0.486 e. The highest BCUT2D eigenvalue weighted by Crippen LogP contribution is 2.32. The van der Waals surface area contributed by atoms with E-state index in [9.17, 15) is 9.59 Å². The van der Waals surface area contributed by atoms with Crippen LogP contribution in [0.2, 0.25) is 0 Å². The fourth-order valence-electron chi connectivity index (χ4n) is 2.94. The Labute approximate surface area is 174 Å². The van der Waals surface area contributed by atoms with E-state index < -0.39 is 18.4 Å². The Morgan fingerprint density at radius 1 is 1.20 bits per heavy atom. The average Bonchev–Trinajstić information content (AvgIpc) is 3.22. The molecule has 0 saturated heterocycles. The van der Waals surface area contributed by atoms with E-state index in [1.165, 1.54) is 0 Å². The molecule has 0 aliphatic carbocycles. The molecule has 0 saturated carbocycles. The van der Waals surface area contributed by atoms with Gasteiger partial charge in [0.15, 0.2) is 11.4 Å². The van der Waals surface area contributed by atoms with Crippen LogP contribution < -0.4 is 10.1 Å². The van der Waals surface area contributed by atoms with Crippen LogP contribution in [0.25, 0.3) is 11.1 Å². The second kappa shape index (κ2) is 9.21. The van der Waals surface area contributed by atoms with E-state index >= 15 is 0 Å². The van der Waals surface area contributed by atoms with E-state index in [4.69, 9.17) is 9.84 Å². The number of nitrogens with zero attached hydrogens (tertiary/aromatic N) is 3. The summed E-state index contributed by atoms with van der Waals surface area (Å²) < 4.78 is 7.84. The SMILES string of the molecule is Cc1c(-c2cnn(C(C)C)c2)cnc(C(=O)NCC(=O)O)c1OCc1ccccc1. The van der Waals surface area contributed by atoms with Crippen molar-refractivity contribution in [2.24, 2.45) is 0 Å². The molecule has 0 spiro atoms. The molecule has 30 heavy (non-hydrogen) atoms. The molecule has 3 aromatic rings. The number of pyridine rings is 1. The lowest BCUT2D eigenvalue weighted by molar-refractivity contribution is -0.135. The fourth-order valence-corrected chi connectivity index (χ4v) is 2.94. The summed E-state index contributed by atoms with van der Waals surface area (Å²) in [4.78, 5) is 27.7. The molecule has 0 unspecified atom stereocenters. The van der Waals surface area contributed by atoms with Crippen LogP contribution in [0.3, 0.4) is 0 Å². The van der Waals surface area contributed by atoms with Crippen molar-refractivity contribution >= 4 is 11.9 Å². The lowest BCUT2D eigenvalue weighted by Crippen LogP contribution is -2.30. The van der Waals surface area contributed by atoms with Gasteiger partial charge in [-0.1, -0.05) is 30.3 Å². The Morgan fingerprint density at radius 2 is 1.93 bits per heavy atom. The Kier molecular flexibility index (Phi) is 6.46. The second-order valence-corrected chi connectivity index (χ2v) is 7.13. The zero-order chi connectivity index (χ0) is 21.7. The zero-order valence-corrected chi connectivity index (χ0v) is 17.1. The highest BCUT2D eigenvalue weighted by molar-refractivity contribution is 5.97. The number of carboxylic acid groups (broad SMARTS) is 1. The number of carboxylic acids is 1. The highest BCUT2D eigenvalue weighted by atomic mass is 16.5. The predicted octanol–water partition coefficient (Wildman–Crippen LogP) is 3.23. The van der Waals surface area contributed by atoms with E-state index in [-0.39, 0.29) is 18.3 Å². The minimum absolute atomic E-state index is 0.0460. The molecule has 2 aromatic heterocycles. The molecule has 0 radical (unpaired) electrons. The summed E-state index contributed by atoms with van der Waals surface area (Å²) >= 11 is 0. The van der Waals surface area contributed by atoms with E-state index in [0.29, 0.717) is 5.75 Å². The summed E-state index contributed by atoms with van der Waals surface area (Å²) in [5.74, 6) is -1.42. The van der Waals surface area contributed by atoms with Crippen molar-refractivity contribution in [2.75, 3.05) is 6.54 Å². The Hall–Kier alpha value is -3.68. The van der Waals surface area contributed by atoms with Gasteiger partial charge in [-0.15, -0.1) is 0 Å². The Bertz CT molecular complexity index is 1040. The second-order valence-electron chi connectivity index (χ2n) is 7.13. The molecule has 2 heterocycles. The smallest absolute Gasteiger partial charge is 0.322 e. The van der Waals surface area contributed by atoms with Crippen molar-refractivity contribution in [3.63, 3.8) is 0 Å². The normalized spacial score (nSPS) is 10.8. The van der Waals surface area contributed by atoms with Gasteiger partial charge in [0.2, 0.25) is 0 Å². The number of benzene rings is 1. The van der Waals surface area contributed by atoms with Crippen LogP contribution in [0.4, 0.5) is 0 Å². The summed E-state index contributed by atoms with van der Waals surface area (Å²) in [6, 6.07) is 9.77. The molecular weight excluding hydrogens is 384 g/mol. The molecule has 1 amide bonds. The van der Waals surface area contributed by atoms with Gasteiger partial charge in [0.05, 0.1) is 6.20 Å². The maximum Gasteiger partial charge on any atom is 0.322 e. The lowest BCUT2D eigenvalue weighted by atomic mass is 10.0. The molecule has 0 aliphatic heterocycles. The monoisotopic (exact) mass is 408 g/mol. The number of aromatic nitrogens is 3. The maximum absolute atomic E-state index is 12.5. The first-order chi connectivity index (χ1) is 14.4. The summed E-state index contributed by atoms with van der Waals surface area (Å²) in [6.45, 7) is 5.66. The van der Waals surface area contributed by atoms with Crippen LogP contribution in [0.15, 0.2) is 48.9 Å². The number of rotatable bonds is 8. The highest BCUT2D eigenvalue weighted by Gasteiger charge is 2.21.